The average Bonchev–Trinajstić information content (AvgIpc) is 2.89. The van der Waals surface area contributed by atoms with E-state index in [2.05, 4.69) is 0 Å². The maximum Gasteiger partial charge on any atom is 0.220 e. The fraction of sp³-hybridized carbons (Fsp3) is 0.971. The van der Waals surface area contributed by atoms with Crippen molar-refractivity contribution in [3.05, 3.63) is 0 Å². The van der Waals surface area contributed by atoms with Gasteiger partial charge in [0, 0.05) is 5.92 Å². The summed E-state index contributed by atoms with van der Waals surface area (Å²) in [4.78, 5) is 11.9. The fourth-order valence-electron chi connectivity index (χ4n) is 6.34. The molecule has 0 aliphatic heterocycles. The highest BCUT2D eigenvalue weighted by molar-refractivity contribution is 5.76. The molecule has 0 spiro atoms. The molecule has 0 bridgehead atoms. The first-order valence-electron chi connectivity index (χ1n) is 17.6. The van der Waals surface area contributed by atoms with E-state index in [1.807, 2.05) is 0 Å². The summed E-state index contributed by atoms with van der Waals surface area (Å²) in [6.07, 6.45) is 45.8. The quantitative estimate of drug-likeness (QED) is 0.367. The van der Waals surface area contributed by atoms with Gasteiger partial charge in [-0.15, -0.1) is 0 Å². The summed E-state index contributed by atoms with van der Waals surface area (Å²) in [6, 6.07) is 0. The van der Waals surface area contributed by atoms with Gasteiger partial charge in [-0.05, 0) is 12.8 Å². The maximum absolute atomic E-state index is 11.9. The predicted octanol–water partition coefficient (Wildman–Crippen LogP) is 12.0. The maximum atomic E-state index is 11.9. The Morgan fingerprint density at radius 3 is 0.568 bits per heavy atom. The minimum atomic E-state index is -0.0526. The van der Waals surface area contributed by atoms with Gasteiger partial charge in [0.05, 0.1) is 0 Å². The summed E-state index contributed by atoms with van der Waals surface area (Å²) >= 11 is 0. The Morgan fingerprint density at radius 1 is 0.297 bits per heavy atom. The van der Waals surface area contributed by atoms with Crippen LogP contribution in [0.25, 0.3) is 0 Å². The molecule has 0 heterocycles. The first-order valence-corrected chi connectivity index (χ1v) is 17.6. The third-order valence-electron chi connectivity index (χ3n) is 9.01. The molecule has 0 radical (unpaired) electrons. The number of hydrogen-bond acceptors (Lipinski definition) is 1. The van der Waals surface area contributed by atoms with E-state index in [0.29, 0.717) is 0 Å². The second-order valence-electron chi connectivity index (χ2n) is 12.6. The molecule has 1 aliphatic carbocycles. The molecule has 0 aromatic heterocycles. The molecule has 37 heavy (non-hydrogen) atoms. The standard InChI is InChI=1S/C35H69NO/c36-35(37)34-32-30-28-26-24-22-20-18-16-14-12-10-8-6-4-2-1-3-5-7-9-11-13-15-17-19-21-23-25-27-29-31-33-34/h34H,1-33H2,(H2,36,37). The van der Waals surface area contributed by atoms with E-state index in [1.165, 1.54) is 199 Å². The van der Waals surface area contributed by atoms with Crippen LogP contribution < -0.4 is 5.73 Å². The number of carbonyl (C=O) groups is 1. The molecule has 0 unspecified atom stereocenters. The fourth-order valence-corrected chi connectivity index (χ4v) is 6.34. The van der Waals surface area contributed by atoms with Crippen molar-refractivity contribution in [1.29, 1.82) is 0 Å². The zero-order valence-corrected chi connectivity index (χ0v) is 25.4. The molecular weight excluding hydrogens is 450 g/mol. The summed E-state index contributed by atoms with van der Waals surface area (Å²) in [7, 11) is 0. The van der Waals surface area contributed by atoms with Crippen LogP contribution in [0.4, 0.5) is 0 Å². The van der Waals surface area contributed by atoms with Gasteiger partial charge in [-0.2, -0.15) is 0 Å². The topological polar surface area (TPSA) is 43.1 Å². The van der Waals surface area contributed by atoms with E-state index in [-0.39, 0.29) is 11.8 Å². The van der Waals surface area contributed by atoms with Gasteiger partial charge in [-0.25, -0.2) is 0 Å². The molecule has 1 aliphatic rings. The van der Waals surface area contributed by atoms with Crippen molar-refractivity contribution in [2.24, 2.45) is 11.7 Å². The molecule has 0 aromatic rings. The Morgan fingerprint density at radius 2 is 0.432 bits per heavy atom. The van der Waals surface area contributed by atoms with E-state index in [9.17, 15) is 4.79 Å². The molecule has 2 N–H and O–H groups in total. The Kier molecular flexibility index (Phi) is 26.6. The first-order chi connectivity index (χ1) is 18.3. The Bertz CT molecular complexity index is 428. The summed E-state index contributed by atoms with van der Waals surface area (Å²) < 4.78 is 0. The Hall–Kier alpha value is -0.530. The molecule has 1 saturated carbocycles. The van der Waals surface area contributed by atoms with Crippen LogP contribution in [0.3, 0.4) is 0 Å². The molecule has 0 aromatic carbocycles. The van der Waals surface area contributed by atoms with Crippen molar-refractivity contribution in [2.75, 3.05) is 0 Å². The number of primary amides is 1. The van der Waals surface area contributed by atoms with Crippen LogP contribution in [0.15, 0.2) is 0 Å². The number of rotatable bonds is 1. The number of hydrogen-bond donors (Lipinski definition) is 1. The van der Waals surface area contributed by atoms with Crippen LogP contribution in [0, 0.1) is 5.92 Å². The van der Waals surface area contributed by atoms with E-state index in [0.717, 1.165) is 12.8 Å². The van der Waals surface area contributed by atoms with Crippen molar-refractivity contribution in [2.45, 2.75) is 212 Å². The van der Waals surface area contributed by atoms with Crippen molar-refractivity contribution in [3.63, 3.8) is 0 Å². The van der Waals surface area contributed by atoms with Gasteiger partial charge in [0.1, 0.15) is 0 Å². The van der Waals surface area contributed by atoms with Gasteiger partial charge in [-0.1, -0.05) is 199 Å². The lowest BCUT2D eigenvalue weighted by molar-refractivity contribution is -0.122. The van der Waals surface area contributed by atoms with Gasteiger partial charge in [-0.3, -0.25) is 4.79 Å². The smallest absolute Gasteiger partial charge is 0.220 e. The second-order valence-corrected chi connectivity index (χ2v) is 12.6. The van der Waals surface area contributed by atoms with E-state index < -0.39 is 0 Å². The Balaban J connectivity index is 2.15. The third kappa shape index (κ3) is 25.5. The molecule has 1 fully saturated rings. The van der Waals surface area contributed by atoms with E-state index in [1.54, 1.807) is 0 Å². The van der Waals surface area contributed by atoms with E-state index >= 15 is 0 Å². The molecule has 2 heteroatoms. The molecule has 1 amide bonds. The third-order valence-corrected chi connectivity index (χ3v) is 9.01. The molecule has 2 nitrogen and oxygen atoms in total. The Labute approximate surface area is 234 Å². The average molecular weight is 520 g/mol. The molecule has 220 valence electrons. The highest BCUT2D eigenvalue weighted by atomic mass is 16.1. The van der Waals surface area contributed by atoms with Crippen LogP contribution in [-0.2, 0) is 4.79 Å². The highest BCUT2D eigenvalue weighted by Crippen LogP contribution is 2.20. The normalized spacial score (nSPS) is 23.5. The van der Waals surface area contributed by atoms with Crippen molar-refractivity contribution < 1.29 is 4.79 Å². The van der Waals surface area contributed by atoms with Gasteiger partial charge in [0.25, 0.3) is 0 Å². The molecule has 1 rings (SSSR count). The lowest BCUT2D eigenvalue weighted by Gasteiger charge is -2.13. The van der Waals surface area contributed by atoms with Gasteiger partial charge in [0.2, 0.25) is 5.91 Å². The van der Waals surface area contributed by atoms with Crippen molar-refractivity contribution >= 4 is 5.91 Å². The van der Waals surface area contributed by atoms with Crippen molar-refractivity contribution in [1.82, 2.24) is 0 Å². The summed E-state index contributed by atoms with van der Waals surface area (Å²) in [5.74, 6) is 0.0751. The van der Waals surface area contributed by atoms with Gasteiger partial charge in [0.15, 0.2) is 0 Å². The lowest BCUT2D eigenvalue weighted by atomic mass is 9.93. The van der Waals surface area contributed by atoms with Gasteiger partial charge < -0.3 is 5.73 Å². The number of nitrogens with two attached hydrogens (primary N) is 1. The number of carbonyl (C=O) groups excluding carboxylic acids is 1. The van der Waals surface area contributed by atoms with Crippen LogP contribution in [0.2, 0.25) is 0 Å². The van der Waals surface area contributed by atoms with Gasteiger partial charge >= 0.3 is 0 Å². The zero-order chi connectivity index (χ0) is 26.5. The molecule has 0 atom stereocenters. The number of amides is 1. The molecular formula is C35H69NO. The molecule has 0 saturated heterocycles. The predicted molar refractivity (Wildman–Crippen MR) is 165 cm³/mol. The highest BCUT2D eigenvalue weighted by Gasteiger charge is 2.14. The monoisotopic (exact) mass is 520 g/mol. The summed E-state index contributed by atoms with van der Waals surface area (Å²) in [5.41, 5.74) is 5.72. The lowest BCUT2D eigenvalue weighted by Crippen LogP contribution is -2.23. The largest absolute Gasteiger partial charge is 0.369 e. The van der Waals surface area contributed by atoms with Crippen LogP contribution in [0.1, 0.15) is 212 Å². The van der Waals surface area contributed by atoms with Crippen LogP contribution in [-0.4, -0.2) is 5.91 Å². The zero-order valence-electron chi connectivity index (χ0n) is 25.4. The van der Waals surface area contributed by atoms with E-state index in [4.69, 9.17) is 5.73 Å². The van der Waals surface area contributed by atoms with Crippen LogP contribution in [0.5, 0.6) is 0 Å². The SMILES string of the molecule is NC(=O)C1CCCCCCCCCCCCCCCCCCCCCCCCCCCCCCCCC1. The minimum Gasteiger partial charge on any atom is -0.369 e. The summed E-state index contributed by atoms with van der Waals surface area (Å²) in [5, 5.41) is 0. The second kappa shape index (κ2) is 28.5. The van der Waals surface area contributed by atoms with Crippen molar-refractivity contribution in [3.8, 4) is 0 Å². The minimum absolute atomic E-state index is 0.0526. The van der Waals surface area contributed by atoms with Crippen LogP contribution >= 0.6 is 0 Å². The first kappa shape index (κ1) is 34.5. The summed E-state index contributed by atoms with van der Waals surface area (Å²) in [6.45, 7) is 0.